The molecule has 0 aromatic rings. The predicted molar refractivity (Wildman–Crippen MR) is 62.7 cm³/mol. The molecular formula is C6H17O8P3. The van der Waals surface area contributed by atoms with E-state index < -0.39 is 24.3 Å². The molecule has 0 saturated heterocycles. The molecule has 17 heavy (non-hydrogen) atoms. The first-order valence-electron chi connectivity index (χ1n) is 4.94. The fourth-order valence-corrected chi connectivity index (χ4v) is 4.28. The predicted octanol–water partition coefficient (Wildman–Crippen LogP) is 3.02. The Bertz CT molecular complexity index is 282. The SMILES string of the molecule is CCO[PH](=O)OP(=O)(OCC)O[PH](=O)OCC. The van der Waals surface area contributed by atoms with E-state index in [4.69, 9.17) is 0 Å². The lowest BCUT2D eigenvalue weighted by atomic mass is 10.9. The van der Waals surface area contributed by atoms with Crippen molar-refractivity contribution in [1.82, 2.24) is 0 Å². The van der Waals surface area contributed by atoms with Gasteiger partial charge in [0.05, 0.1) is 19.8 Å². The van der Waals surface area contributed by atoms with Crippen LogP contribution in [-0.2, 0) is 35.9 Å². The van der Waals surface area contributed by atoms with Crippen LogP contribution in [0.25, 0.3) is 0 Å². The lowest BCUT2D eigenvalue weighted by Crippen LogP contribution is -1.94. The minimum Gasteiger partial charge on any atom is -0.311 e. The third-order valence-electron chi connectivity index (χ3n) is 1.18. The second kappa shape index (κ2) is 9.42. The Hall–Kier alpha value is 0.490. The average Bonchev–Trinajstić information content (AvgIpc) is 2.17. The highest BCUT2D eigenvalue weighted by atomic mass is 31.3. The van der Waals surface area contributed by atoms with E-state index in [2.05, 4.69) is 22.2 Å². The summed E-state index contributed by atoms with van der Waals surface area (Å²) in [5.41, 5.74) is 0. The molecule has 2 atom stereocenters. The molecule has 0 rings (SSSR count). The molecule has 0 heterocycles. The maximum Gasteiger partial charge on any atom is 0.489 e. The van der Waals surface area contributed by atoms with Crippen molar-refractivity contribution in [3.63, 3.8) is 0 Å². The molecule has 0 aliphatic rings. The Balaban J connectivity index is 4.50. The summed E-state index contributed by atoms with van der Waals surface area (Å²) in [4.78, 5) is 0. The monoisotopic (exact) mass is 310 g/mol. The standard InChI is InChI=1S/C6H17O8P3/c1-4-10-15(7)13-17(9,12-6-3)14-16(8)11-5-2/h15-16H,4-6H2,1-3H3. The fourth-order valence-electron chi connectivity index (χ4n) is 0.700. The first kappa shape index (κ1) is 17.5. The van der Waals surface area contributed by atoms with E-state index in [0.717, 1.165) is 0 Å². The van der Waals surface area contributed by atoms with Crippen molar-refractivity contribution in [2.45, 2.75) is 20.8 Å². The highest BCUT2D eigenvalue weighted by molar-refractivity contribution is 7.61. The van der Waals surface area contributed by atoms with Gasteiger partial charge in [0.1, 0.15) is 0 Å². The molecule has 8 nitrogen and oxygen atoms in total. The van der Waals surface area contributed by atoms with Gasteiger partial charge < -0.3 is 9.05 Å². The van der Waals surface area contributed by atoms with Crippen molar-refractivity contribution in [3.05, 3.63) is 0 Å². The van der Waals surface area contributed by atoms with Gasteiger partial charge in [-0.05, 0) is 20.8 Å². The first-order chi connectivity index (χ1) is 7.97. The van der Waals surface area contributed by atoms with Gasteiger partial charge in [0.15, 0.2) is 0 Å². The van der Waals surface area contributed by atoms with E-state index in [0.29, 0.717) is 0 Å². The van der Waals surface area contributed by atoms with Crippen LogP contribution < -0.4 is 0 Å². The summed E-state index contributed by atoms with van der Waals surface area (Å²) in [6.07, 6.45) is 0. The normalized spacial score (nSPS) is 18.5. The van der Waals surface area contributed by atoms with Crippen LogP contribution in [0.15, 0.2) is 0 Å². The zero-order valence-electron chi connectivity index (χ0n) is 9.83. The Morgan fingerprint density at radius 2 is 1.29 bits per heavy atom. The minimum absolute atomic E-state index is 0.0280. The average molecular weight is 310 g/mol. The van der Waals surface area contributed by atoms with Crippen LogP contribution in [0, 0.1) is 0 Å². The van der Waals surface area contributed by atoms with Crippen molar-refractivity contribution in [1.29, 1.82) is 0 Å². The molecule has 0 amide bonds. The Morgan fingerprint density at radius 3 is 1.59 bits per heavy atom. The minimum atomic E-state index is -4.18. The van der Waals surface area contributed by atoms with Gasteiger partial charge in [-0.15, -0.1) is 0 Å². The van der Waals surface area contributed by atoms with E-state index in [1.54, 1.807) is 13.8 Å². The molecule has 0 aromatic heterocycles. The van der Waals surface area contributed by atoms with Crippen LogP contribution >= 0.6 is 24.3 Å². The zero-order valence-corrected chi connectivity index (χ0v) is 12.7. The van der Waals surface area contributed by atoms with Crippen LogP contribution in [0.5, 0.6) is 0 Å². The summed E-state index contributed by atoms with van der Waals surface area (Å²) >= 11 is 0. The molecule has 2 unspecified atom stereocenters. The molecule has 0 aliphatic carbocycles. The smallest absolute Gasteiger partial charge is 0.311 e. The molecule has 0 N–H and O–H groups in total. The van der Waals surface area contributed by atoms with E-state index in [1.807, 2.05) is 0 Å². The largest absolute Gasteiger partial charge is 0.489 e. The van der Waals surface area contributed by atoms with Gasteiger partial charge in [0.25, 0.3) is 0 Å². The van der Waals surface area contributed by atoms with Gasteiger partial charge in [-0.3, -0.25) is 13.7 Å². The van der Waals surface area contributed by atoms with E-state index in [9.17, 15) is 13.7 Å². The Morgan fingerprint density at radius 1 is 0.882 bits per heavy atom. The lowest BCUT2D eigenvalue weighted by molar-refractivity contribution is 0.195. The maximum absolute atomic E-state index is 11.8. The molecule has 0 bridgehead atoms. The number of rotatable bonds is 10. The second-order valence-electron chi connectivity index (χ2n) is 2.41. The third-order valence-corrected chi connectivity index (χ3v) is 5.79. The van der Waals surface area contributed by atoms with Crippen LogP contribution in [-0.4, -0.2) is 19.8 Å². The molecule has 0 fully saturated rings. The molecule has 104 valence electrons. The van der Waals surface area contributed by atoms with Gasteiger partial charge in [-0.25, -0.2) is 13.2 Å². The van der Waals surface area contributed by atoms with Gasteiger partial charge in [0.2, 0.25) is 0 Å². The molecule has 11 heteroatoms. The van der Waals surface area contributed by atoms with Crippen molar-refractivity contribution in [3.8, 4) is 0 Å². The van der Waals surface area contributed by atoms with Crippen LogP contribution in [0.1, 0.15) is 20.8 Å². The molecule has 0 aliphatic heterocycles. The van der Waals surface area contributed by atoms with Gasteiger partial charge in [0, 0.05) is 0 Å². The van der Waals surface area contributed by atoms with Crippen molar-refractivity contribution in [2.75, 3.05) is 19.8 Å². The molecule has 0 radical (unpaired) electrons. The quantitative estimate of drug-likeness (QED) is 0.568. The van der Waals surface area contributed by atoms with E-state index in [-0.39, 0.29) is 19.8 Å². The molecular weight excluding hydrogens is 293 g/mol. The van der Waals surface area contributed by atoms with Crippen LogP contribution in [0.3, 0.4) is 0 Å². The van der Waals surface area contributed by atoms with Gasteiger partial charge in [-0.2, -0.15) is 0 Å². The first-order valence-corrected chi connectivity index (χ1v) is 8.85. The van der Waals surface area contributed by atoms with E-state index in [1.165, 1.54) is 6.92 Å². The summed E-state index contributed by atoms with van der Waals surface area (Å²) in [6.45, 7) is 4.90. The highest BCUT2D eigenvalue weighted by Gasteiger charge is 2.32. The summed E-state index contributed by atoms with van der Waals surface area (Å²) in [7, 11) is -10.2. The Labute approximate surface area is 101 Å². The van der Waals surface area contributed by atoms with E-state index >= 15 is 0 Å². The maximum atomic E-state index is 11.8. The fraction of sp³-hybridized carbons (Fsp3) is 1.00. The van der Waals surface area contributed by atoms with Crippen LogP contribution in [0.4, 0.5) is 0 Å². The molecule has 0 saturated carbocycles. The lowest BCUT2D eigenvalue weighted by Gasteiger charge is -2.15. The van der Waals surface area contributed by atoms with Crippen molar-refractivity contribution in [2.24, 2.45) is 0 Å². The highest BCUT2D eigenvalue weighted by Crippen LogP contribution is 2.61. The topological polar surface area (TPSA) is 97.4 Å². The summed E-state index contributed by atoms with van der Waals surface area (Å²) in [6, 6.07) is 0. The Kier molecular flexibility index (Phi) is 9.70. The molecule has 0 aromatic carbocycles. The number of hydrogen-bond donors (Lipinski definition) is 0. The summed E-state index contributed by atoms with van der Waals surface area (Å²) in [5.74, 6) is 0. The van der Waals surface area contributed by atoms with Crippen molar-refractivity contribution < 1.29 is 35.9 Å². The zero-order chi connectivity index (χ0) is 13.3. The summed E-state index contributed by atoms with van der Waals surface area (Å²) < 4.78 is 57.0. The summed E-state index contributed by atoms with van der Waals surface area (Å²) in [5, 5.41) is 0. The van der Waals surface area contributed by atoms with Crippen LogP contribution in [0.2, 0.25) is 0 Å². The van der Waals surface area contributed by atoms with Crippen molar-refractivity contribution >= 4 is 24.3 Å². The van der Waals surface area contributed by atoms with Gasteiger partial charge >= 0.3 is 24.3 Å². The number of hydrogen-bond acceptors (Lipinski definition) is 8. The molecule has 0 spiro atoms. The third kappa shape index (κ3) is 8.25. The second-order valence-corrected chi connectivity index (χ2v) is 6.60. The number of phosphoric acid groups is 1. The van der Waals surface area contributed by atoms with Gasteiger partial charge in [-0.1, -0.05) is 0 Å².